The molecule has 1 aromatic carbocycles. The number of fused-ring (bicyclic) bond motifs is 1. The molecule has 0 unspecified atom stereocenters. The summed E-state index contributed by atoms with van der Waals surface area (Å²) in [5, 5.41) is 15.8. The van der Waals surface area contributed by atoms with Crippen LogP contribution in [0.25, 0.3) is 16.8 Å². The van der Waals surface area contributed by atoms with Crippen LogP contribution in [0.4, 0.5) is 5.82 Å². The van der Waals surface area contributed by atoms with Crippen LogP contribution in [0.2, 0.25) is 0 Å². The van der Waals surface area contributed by atoms with Crippen molar-refractivity contribution in [3.63, 3.8) is 0 Å². The van der Waals surface area contributed by atoms with Gasteiger partial charge in [0.25, 0.3) is 0 Å². The zero-order valence-electron chi connectivity index (χ0n) is 13.6. The topological polar surface area (TPSA) is 115 Å². The third-order valence-electron chi connectivity index (χ3n) is 3.55. The first-order valence-corrected chi connectivity index (χ1v) is 7.91. The fraction of sp³-hybridized carbons (Fsp3) is 0.235. The van der Waals surface area contributed by atoms with E-state index in [9.17, 15) is 4.79 Å². The number of nitrogens with two attached hydrogens (primary N) is 1. The number of carboxylic acid groups (broad SMARTS) is 1. The number of ether oxygens (including phenoxy) is 1. The van der Waals surface area contributed by atoms with Crippen LogP contribution in [-0.2, 0) is 4.79 Å². The van der Waals surface area contributed by atoms with E-state index in [4.69, 9.17) is 15.6 Å². The summed E-state index contributed by atoms with van der Waals surface area (Å²) in [6, 6.07) is 9.35. The number of carbonyl (C=O) groups is 1. The summed E-state index contributed by atoms with van der Waals surface area (Å²) < 4.78 is 7.32. The fourth-order valence-corrected chi connectivity index (χ4v) is 2.36. The molecular formula is C17H19N5O3. The van der Waals surface area contributed by atoms with Crippen molar-refractivity contribution in [2.24, 2.45) is 5.73 Å². The van der Waals surface area contributed by atoms with Crippen molar-refractivity contribution < 1.29 is 14.6 Å². The van der Waals surface area contributed by atoms with Crippen LogP contribution in [-0.4, -0.2) is 45.4 Å². The van der Waals surface area contributed by atoms with Crippen molar-refractivity contribution in [3.8, 4) is 16.9 Å². The standard InChI is InChI=1S/C17H19N5O3/c18-6-2-8-25-13-4-1-3-12(9-13)14-10-20-22-7-5-15(21-17(14)22)19-11-16(23)24/h1,3-5,7,9-10H,2,6,8,11,18H2,(H,19,21)(H,23,24). The first kappa shape index (κ1) is 16.7. The van der Waals surface area contributed by atoms with Crippen LogP contribution >= 0.6 is 0 Å². The van der Waals surface area contributed by atoms with Crippen LogP contribution in [0.3, 0.4) is 0 Å². The number of hydrogen-bond donors (Lipinski definition) is 3. The van der Waals surface area contributed by atoms with Crippen molar-refractivity contribution in [3.05, 3.63) is 42.7 Å². The molecule has 0 aliphatic heterocycles. The lowest BCUT2D eigenvalue weighted by atomic mass is 10.1. The van der Waals surface area contributed by atoms with Gasteiger partial charge >= 0.3 is 5.97 Å². The van der Waals surface area contributed by atoms with Gasteiger partial charge in [-0.3, -0.25) is 4.79 Å². The Morgan fingerprint density at radius 3 is 3.04 bits per heavy atom. The third kappa shape index (κ3) is 4.04. The van der Waals surface area contributed by atoms with Gasteiger partial charge in [0.1, 0.15) is 18.1 Å². The second-order valence-corrected chi connectivity index (χ2v) is 5.41. The number of nitrogens with one attached hydrogen (secondary N) is 1. The Morgan fingerprint density at radius 1 is 1.36 bits per heavy atom. The third-order valence-corrected chi connectivity index (χ3v) is 3.55. The zero-order valence-corrected chi connectivity index (χ0v) is 13.6. The quantitative estimate of drug-likeness (QED) is 0.533. The smallest absolute Gasteiger partial charge is 0.322 e. The largest absolute Gasteiger partial charge is 0.494 e. The number of benzene rings is 1. The van der Waals surface area contributed by atoms with Crippen molar-refractivity contribution in [2.45, 2.75) is 6.42 Å². The second kappa shape index (κ2) is 7.63. The molecule has 3 aromatic rings. The van der Waals surface area contributed by atoms with Gasteiger partial charge in [-0.05, 0) is 36.7 Å². The molecule has 0 bridgehead atoms. The number of carboxylic acids is 1. The number of anilines is 1. The van der Waals surface area contributed by atoms with Gasteiger partial charge < -0.3 is 20.9 Å². The van der Waals surface area contributed by atoms with E-state index < -0.39 is 5.97 Å². The van der Waals surface area contributed by atoms with Crippen LogP contribution in [0.1, 0.15) is 6.42 Å². The van der Waals surface area contributed by atoms with Gasteiger partial charge in [0.15, 0.2) is 5.65 Å². The molecule has 0 amide bonds. The lowest BCUT2D eigenvalue weighted by Gasteiger charge is -2.07. The minimum absolute atomic E-state index is 0.197. The number of aliphatic carboxylic acids is 1. The summed E-state index contributed by atoms with van der Waals surface area (Å²) in [4.78, 5) is 15.1. The van der Waals surface area contributed by atoms with Crippen LogP contribution in [0.5, 0.6) is 5.75 Å². The average Bonchev–Trinajstić information content (AvgIpc) is 3.03. The predicted molar refractivity (Wildman–Crippen MR) is 93.7 cm³/mol. The van der Waals surface area contributed by atoms with Gasteiger partial charge in [0.05, 0.1) is 12.8 Å². The Morgan fingerprint density at radius 2 is 2.24 bits per heavy atom. The molecule has 0 spiro atoms. The molecule has 2 aromatic heterocycles. The van der Waals surface area contributed by atoms with E-state index in [2.05, 4.69) is 15.4 Å². The summed E-state index contributed by atoms with van der Waals surface area (Å²) in [7, 11) is 0. The van der Waals surface area contributed by atoms with E-state index in [0.29, 0.717) is 24.6 Å². The van der Waals surface area contributed by atoms with E-state index in [1.54, 1.807) is 23.0 Å². The zero-order chi connectivity index (χ0) is 17.6. The minimum Gasteiger partial charge on any atom is -0.494 e. The maximum Gasteiger partial charge on any atom is 0.322 e. The SMILES string of the molecule is NCCCOc1cccc(-c2cnn3ccc(NCC(=O)O)nc23)c1. The Labute approximate surface area is 144 Å². The lowest BCUT2D eigenvalue weighted by Crippen LogP contribution is -2.13. The molecule has 0 fully saturated rings. The van der Waals surface area contributed by atoms with Crippen molar-refractivity contribution in [1.29, 1.82) is 0 Å². The van der Waals surface area contributed by atoms with E-state index in [1.807, 2.05) is 24.3 Å². The molecule has 0 aliphatic rings. The van der Waals surface area contributed by atoms with Gasteiger partial charge in [-0.25, -0.2) is 9.50 Å². The maximum absolute atomic E-state index is 10.7. The number of nitrogens with zero attached hydrogens (tertiary/aromatic N) is 3. The Balaban J connectivity index is 1.88. The molecule has 0 saturated heterocycles. The van der Waals surface area contributed by atoms with Crippen LogP contribution < -0.4 is 15.8 Å². The Hall–Kier alpha value is -3.13. The van der Waals surface area contributed by atoms with E-state index in [-0.39, 0.29) is 6.54 Å². The fourth-order valence-electron chi connectivity index (χ4n) is 2.36. The Kier molecular flexibility index (Phi) is 5.10. The maximum atomic E-state index is 10.7. The molecule has 8 nitrogen and oxygen atoms in total. The molecule has 130 valence electrons. The average molecular weight is 341 g/mol. The highest BCUT2D eigenvalue weighted by molar-refractivity contribution is 5.79. The molecule has 0 atom stereocenters. The first-order valence-electron chi connectivity index (χ1n) is 7.91. The van der Waals surface area contributed by atoms with Crippen molar-refractivity contribution in [1.82, 2.24) is 14.6 Å². The number of aromatic nitrogens is 3. The van der Waals surface area contributed by atoms with Crippen LogP contribution in [0.15, 0.2) is 42.7 Å². The summed E-state index contributed by atoms with van der Waals surface area (Å²) in [6.45, 7) is 0.955. The van der Waals surface area contributed by atoms with Crippen molar-refractivity contribution >= 4 is 17.4 Å². The number of rotatable bonds is 8. The highest BCUT2D eigenvalue weighted by Crippen LogP contribution is 2.27. The molecule has 0 saturated carbocycles. The van der Waals surface area contributed by atoms with Gasteiger partial charge in [-0.15, -0.1) is 0 Å². The predicted octanol–water partition coefficient (Wildman–Crippen LogP) is 1.62. The summed E-state index contributed by atoms with van der Waals surface area (Å²) in [5.41, 5.74) is 7.87. The van der Waals surface area contributed by atoms with Gasteiger partial charge in [0, 0.05) is 11.8 Å². The summed E-state index contributed by atoms with van der Waals surface area (Å²) in [5.74, 6) is 0.287. The number of hydrogen-bond acceptors (Lipinski definition) is 6. The molecule has 0 radical (unpaired) electrons. The van der Waals surface area contributed by atoms with Gasteiger partial charge in [-0.1, -0.05) is 12.1 Å². The van der Waals surface area contributed by atoms with E-state index in [1.165, 1.54) is 0 Å². The van der Waals surface area contributed by atoms with E-state index in [0.717, 1.165) is 23.3 Å². The summed E-state index contributed by atoms with van der Waals surface area (Å²) in [6.07, 6.45) is 4.25. The van der Waals surface area contributed by atoms with Gasteiger partial charge in [0.2, 0.25) is 0 Å². The highest BCUT2D eigenvalue weighted by Gasteiger charge is 2.10. The van der Waals surface area contributed by atoms with Gasteiger partial charge in [-0.2, -0.15) is 5.10 Å². The molecule has 25 heavy (non-hydrogen) atoms. The lowest BCUT2D eigenvalue weighted by molar-refractivity contribution is -0.134. The minimum atomic E-state index is -0.947. The van der Waals surface area contributed by atoms with Crippen molar-refractivity contribution in [2.75, 3.05) is 25.0 Å². The molecule has 0 aliphatic carbocycles. The Bertz CT molecular complexity index is 878. The molecule has 4 N–H and O–H groups in total. The molecular weight excluding hydrogens is 322 g/mol. The van der Waals surface area contributed by atoms with E-state index >= 15 is 0 Å². The normalized spacial score (nSPS) is 10.8. The molecule has 8 heteroatoms. The monoisotopic (exact) mass is 341 g/mol. The molecule has 3 rings (SSSR count). The first-order chi connectivity index (χ1) is 12.2. The molecule has 2 heterocycles. The highest BCUT2D eigenvalue weighted by atomic mass is 16.5. The van der Waals surface area contributed by atoms with Crippen LogP contribution in [0, 0.1) is 0 Å². The summed E-state index contributed by atoms with van der Waals surface area (Å²) >= 11 is 0. The second-order valence-electron chi connectivity index (χ2n) is 5.41.